The van der Waals surface area contributed by atoms with Crippen molar-refractivity contribution < 1.29 is 19.5 Å². The number of aliphatic hydroxyl groups excluding tert-OH is 1. The summed E-state index contributed by atoms with van der Waals surface area (Å²) >= 11 is 0. The van der Waals surface area contributed by atoms with Gasteiger partial charge in [-0.15, -0.1) is 0 Å². The van der Waals surface area contributed by atoms with Crippen LogP contribution in [0, 0.1) is 0 Å². The predicted molar refractivity (Wildman–Crippen MR) is 214 cm³/mol. The molecule has 0 bridgehead atoms. The first-order chi connectivity index (χ1) is 24.0. The number of hydrogen-bond donors (Lipinski definition) is 3. The van der Waals surface area contributed by atoms with Gasteiger partial charge in [-0.25, -0.2) is 0 Å². The Morgan fingerprint density at radius 3 is 1.18 bits per heavy atom. The lowest BCUT2D eigenvalue weighted by atomic mass is 10.0. The summed E-state index contributed by atoms with van der Waals surface area (Å²) < 4.78 is 13.5. The number of aliphatic hydroxyl groups is 1. The summed E-state index contributed by atoms with van der Waals surface area (Å²) in [6, 6.07) is 1.31. The quantitative estimate of drug-likeness (QED) is 0.0601. The topological polar surface area (TPSA) is 82.7 Å². The Morgan fingerprint density at radius 2 is 0.878 bits per heavy atom. The van der Waals surface area contributed by atoms with Gasteiger partial charge in [-0.05, 0) is 19.8 Å². The van der Waals surface area contributed by atoms with Gasteiger partial charge in [0.05, 0.1) is 22.7 Å². The highest BCUT2D eigenvalue weighted by molar-refractivity contribution is 7.85. The maximum Gasteiger partial charge on any atom is 0.214 e. The third-order valence-corrected chi connectivity index (χ3v) is 11.6. The molecule has 6 heteroatoms. The molecule has 0 fully saturated rings. The van der Waals surface area contributed by atoms with Crippen molar-refractivity contribution in [3.05, 3.63) is 12.1 Å². The molecule has 0 amide bonds. The lowest BCUT2D eigenvalue weighted by Crippen LogP contribution is -2.12. The largest absolute Gasteiger partial charge is 0.494 e. The van der Waals surface area contributed by atoms with Gasteiger partial charge in [-0.3, -0.25) is 8.78 Å². The fraction of sp³-hybridized carbons (Fsp3) is 0.860. The van der Waals surface area contributed by atoms with E-state index >= 15 is 0 Å². The number of hydrogen-bond acceptors (Lipinski definition) is 4. The second-order valence-electron chi connectivity index (χ2n) is 15.1. The molecule has 3 N–H and O–H groups in total. The van der Waals surface area contributed by atoms with Crippen LogP contribution in [-0.2, 0) is 10.8 Å². The maximum atomic E-state index is 12.2. The predicted octanol–water partition coefficient (Wildman–Crippen LogP) is 13.8. The Labute approximate surface area is 306 Å². The first-order valence-corrected chi connectivity index (χ1v) is 22.7. The van der Waals surface area contributed by atoms with Gasteiger partial charge in [0, 0.05) is 12.3 Å². The van der Waals surface area contributed by atoms with Crippen molar-refractivity contribution >= 4 is 17.0 Å². The lowest BCUT2D eigenvalue weighted by Gasteiger charge is -2.05. The van der Waals surface area contributed by atoms with E-state index in [4.69, 9.17) is 0 Å². The molecule has 1 heterocycles. The van der Waals surface area contributed by atoms with E-state index in [2.05, 4.69) is 6.92 Å². The highest BCUT2D eigenvalue weighted by Crippen LogP contribution is 2.31. The van der Waals surface area contributed by atoms with E-state index < -0.39 is 16.9 Å². The van der Waals surface area contributed by atoms with E-state index in [0.717, 1.165) is 12.8 Å². The molecule has 0 spiro atoms. The smallest absolute Gasteiger partial charge is 0.214 e. The first kappa shape index (κ1) is 45.8. The van der Waals surface area contributed by atoms with Gasteiger partial charge in [0.2, 0.25) is 5.88 Å². The second-order valence-corrected chi connectivity index (χ2v) is 16.5. The van der Waals surface area contributed by atoms with Gasteiger partial charge < -0.3 is 15.3 Å². The zero-order valence-electron chi connectivity index (χ0n) is 32.5. The van der Waals surface area contributed by atoms with Crippen LogP contribution < -0.4 is 0 Å². The fourth-order valence-electron chi connectivity index (χ4n) is 6.92. The molecule has 49 heavy (non-hydrogen) atoms. The van der Waals surface area contributed by atoms with Gasteiger partial charge in [0.1, 0.15) is 4.90 Å². The molecule has 0 aliphatic heterocycles. The Kier molecular flexibility index (Phi) is 31.6. The Bertz CT molecular complexity index is 912. The number of allylic oxidation sites excluding steroid dienone is 1. The molecule has 0 aromatic carbocycles. The molecule has 0 aliphatic carbocycles. The van der Waals surface area contributed by atoms with Crippen molar-refractivity contribution in [2.75, 3.05) is 5.75 Å². The van der Waals surface area contributed by atoms with Crippen LogP contribution in [0.3, 0.4) is 0 Å². The van der Waals surface area contributed by atoms with E-state index in [1.54, 1.807) is 13.1 Å². The number of aromatic hydroxyl groups is 2. The highest BCUT2D eigenvalue weighted by atomic mass is 32.2. The van der Waals surface area contributed by atoms with E-state index in [0.29, 0.717) is 0 Å². The van der Waals surface area contributed by atoms with Gasteiger partial charge >= 0.3 is 0 Å². The van der Waals surface area contributed by atoms with Crippen molar-refractivity contribution in [3.63, 3.8) is 0 Å². The minimum Gasteiger partial charge on any atom is -0.494 e. The summed E-state index contributed by atoms with van der Waals surface area (Å²) in [6.45, 7) is 3.85. The molecule has 2 atom stereocenters. The average molecular weight is 708 g/mol. The molecule has 0 saturated heterocycles. The van der Waals surface area contributed by atoms with Crippen LogP contribution >= 0.6 is 0 Å². The van der Waals surface area contributed by atoms with Crippen molar-refractivity contribution in [3.8, 4) is 11.8 Å². The molecular weight excluding hydrogens is 627 g/mol. The normalized spacial score (nSPS) is 13.1. The SMILES string of the molecule is CCCCCCCCCCCCCCCCCCCCCCCCCCCCCCCCCCC=Cn1c(O)cc(S(=O)CC(C)O)c1O. The van der Waals surface area contributed by atoms with Crippen LogP contribution in [-0.4, -0.2) is 36.0 Å². The molecule has 288 valence electrons. The monoisotopic (exact) mass is 708 g/mol. The second kappa shape index (κ2) is 33.9. The van der Waals surface area contributed by atoms with Crippen LogP contribution in [0.5, 0.6) is 11.8 Å². The lowest BCUT2D eigenvalue weighted by molar-refractivity contribution is 0.219. The van der Waals surface area contributed by atoms with E-state index in [1.165, 1.54) is 210 Å². The molecule has 2 unspecified atom stereocenters. The van der Waals surface area contributed by atoms with E-state index in [-0.39, 0.29) is 22.4 Å². The third kappa shape index (κ3) is 27.1. The standard InChI is InChI=1S/C43H81NO4S/c1-3-4-5-6-7-8-9-10-11-12-13-14-15-16-17-18-19-20-21-22-23-24-25-26-27-28-29-30-31-32-33-34-35-36-37-44-42(46)38-41(43(44)47)49(48)39-40(2)45/h36-38,40,45-47H,3-35,39H2,1-2H3. The molecule has 5 nitrogen and oxygen atoms in total. The summed E-state index contributed by atoms with van der Waals surface area (Å²) in [6.07, 6.45) is 48.9. The average Bonchev–Trinajstić information content (AvgIpc) is 3.37. The van der Waals surface area contributed by atoms with Crippen LogP contribution in [0.4, 0.5) is 0 Å². The summed E-state index contributed by atoms with van der Waals surface area (Å²) in [5.41, 5.74) is 0. The minimum absolute atomic E-state index is 0.0282. The first-order valence-electron chi connectivity index (χ1n) is 21.3. The number of nitrogens with zero attached hydrogens (tertiary/aromatic N) is 1. The Balaban J connectivity index is 1.76. The fourth-order valence-corrected chi connectivity index (χ4v) is 8.08. The van der Waals surface area contributed by atoms with Crippen LogP contribution in [0.25, 0.3) is 6.20 Å². The van der Waals surface area contributed by atoms with Gasteiger partial charge in [0.25, 0.3) is 0 Å². The number of aromatic nitrogens is 1. The van der Waals surface area contributed by atoms with E-state index in [9.17, 15) is 19.5 Å². The molecule has 0 radical (unpaired) electrons. The molecule has 1 rings (SSSR count). The van der Waals surface area contributed by atoms with Crippen molar-refractivity contribution in [2.45, 2.75) is 237 Å². The van der Waals surface area contributed by atoms with Crippen LogP contribution in [0.15, 0.2) is 17.0 Å². The van der Waals surface area contributed by atoms with Crippen LogP contribution in [0.1, 0.15) is 226 Å². The van der Waals surface area contributed by atoms with Gasteiger partial charge in [0.15, 0.2) is 5.88 Å². The van der Waals surface area contributed by atoms with Gasteiger partial charge in [-0.2, -0.15) is 0 Å². The highest BCUT2D eigenvalue weighted by Gasteiger charge is 2.18. The Hall–Kier alpha value is -1.27. The zero-order valence-corrected chi connectivity index (χ0v) is 33.3. The molecule has 1 aromatic heterocycles. The van der Waals surface area contributed by atoms with Crippen molar-refractivity contribution in [1.29, 1.82) is 0 Å². The number of rotatable bonds is 37. The molecular formula is C43H81NO4S. The maximum absolute atomic E-state index is 12.2. The van der Waals surface area contributed by atoms with Crippen LogP contribution in [0.2, 0.25) is 0 Å². The zero-order chi connectivity index (χ0) is 35.6. The van der Waals surface area contributed by atoms with Gasteiger partial charge in [-0.1, -0.05) is 212 Å². The molecule has 0 saturated carbocycles. The summed E-state index contributed by atoms with van der Waals surface area (Å²) in [7, 11) is -1.55. The van der Waals surface area contributed by atoms with Crippen molar-refractivity contribution in [2.24, 2.45) is 0 Å². The summed E-state index contributed by atoms with van der Waals surface area (Å²) in [5.74, 6) is -0.340. The third-order valence-electron chi connectivity index (χ3n) is 10.1. The minimum atomic E-state index is -1.55. The molecule has 0 aliphatic rings. The summed E-state index contributed by atoms with van der Waals surface area (Å²) in [4.78, 5) is 0.157. The Morgan fingerprint density at radius 1 is 0.571 bits per heavy atom. The van der Waals surface area contributed by atoms with Crippen molar-refractivity contribution in [1.82, 2.24) is 4.57 Å². The van der Waals surface area contributed by atoms with E-state index in [1.807, 2.05) is 6.08 Å². The number of unbranched alkanes of at least 4 members (excludes halogenated alkanes) is 32. The molecule has 1 aromatic rings. The summed E-state index contributed by atoms with van der Waals surface area (Å²) in [5, 5.41) is 29.8.